The molecular weight excluding hydrogens is 418 g/mol. The average molecular weight is 464 g/mol. The van der Waals surface area contributed by atoms with E-state index in [0.29, 0.717) is 48.6 Å². The van der Waals surface area contributed by atoms with Crippen molar-refractivity contribution >= 4 is 12.3 Å². The molecular formula is C26H45N3O4. The van der Waals surface area contributed by atoms with Gasteiger partial charge in [0.15, 0.2) is 0 Å². The van der Waals surface area contributed by atoms with E-state index in [0.717, 1.165) is 25.8 Å². The highest BCUT2D eigenvalue weighted by atomic mass is 16.5. The standard InChI is InChI=1S/C26H45N3O4/c1-8-9-27-29(20(2)3)19-24-17-23(5)14-22(4)15-25(18-24,26(23,24)16-22)33-13-11-28(10-12-31-6)21(30)32-7/h9,20H,8,10-19H2,1-7H3/b27-9-. The van der Waals surface area contributed by atoms with Gasteiger partial charge in [-0.3, -0.25) is 5.01 Å². The number of amides is 1. The number of nitrogens with zero attached hydrogens (tertiary/aromatic N) is 3. The Hall–Kier alpha value is -1.34. The van der Waals surface area contributed by atoms with Crippen LogP contribution in [0.5, 0.6) is 0 Å². The van der Waals surface area contributed by atoms with Crippen LogP contribution in [0.25, 0.3) is 0 Å². The molecule has 4 fully saturated rings. The monoisotopic (exact) mass is 463 g/mol. The van der Waals surface area contributed by atoms with Crippen LogP contribution in [0.15, 0.2) is 5.10 Å². The van der Waals surface area contributed by atoms with Crippen molar-refractivity contribution in [2.24, 2.45) is 26.8 Å². The molecule has 4 saturated carbocycles. The van der Waals surface area contributed by atoms with Crippen molar-refractivity contribution in [2.75, 3.05) is 47.1 Å². The second kappa shape index (κ2) is 8.40. The quantitative estimate of drug-likeness (QED) is 0.314. The lowest BCUT2D eigenvalue weighted by Crippen LogP contribution is -2.84. The van der Waals surface area contributed by atoms with Gasteiger partial charge in [0.2, 0.25) is 0 Å². The molecule has 0 aromatic heterocycles. The molecule has 7 nitrogen and oxygen atoms in total. The molecule has 0 aliphatic heterocycles. The molecule has 0 radical (unpaired) electrons. The minimum atomic E-state index is -0.316. The maximum absolute atomic E-state index is 12.2. The van der Waals surface area contributed by atoms with Crippen LogP contribution in [-0.4, -0.2) is 80.9 Å². The summed E-state index contributed by atoms with van der Waals surface area (Å²) in [7, 11) is 3.08. The average Bonchev–Trinajstić information content (AvgIpc) is 3.12. The highest BCUT2D eigenvalue weighted by Crippen LogP contribution is 2.95. The van der Waals surface area contributed by atoms with Gasteiger partial charge >= 0.3 is 6.09 Å². The minimum absolute atomic E-state index is 0.0623. The molecule has 0 aromatic rings. The van der Waals surface area contributed by atoms with E-state index < -0.39 is 0 Å². The predicted molar refractivity (Wildman–Crippen MR) is 129 cm³/mol. The maximum Gasteiger partial charge on any atom is 0.409 e. The van der Waals surface area contributed by atoms with Crippen LogP contribution >= 0.6 is 0 Å². The van der Waals surface area contributed by atoms with E-state index >= 15 is 0 Å². The first-order chi connectivity index (χ1) is 15.6. The van der Waals surface area contributed by atoms with Gasteiger partial charge in [0, 0.05) is 49.8 Å². The zero-order chi connectivity index (χ0) is 24.1. The third-order valence-corrected chi connectivity index (χ3v) is 9.50. The molecule has 0 N–H and O–H groups in total. The van der Waals surface area contributed by atoms with Gasteiger partial charge in [0.1, 0.15) is 0 Å². The fourth-order valence-corrected chi connectivity index (χ4v) is 9.17. The molecule has 5 unspecified atom stereocenters. The summed E-state index contributed by atoms with van der Waals surface area (Å²) in [6.45, 7) is 14.8. The van der Waals surface area contributed by atoms with E-state index in [4.69, 9.17) is 19.3 Å². The number of hydrogen-bond acceptors (Lipinski definition) is 6. The third-order valence-electron chi connectivity index (χ3n) is 9.50. The molecule has 5 atom stereocenters. The van der Waals surface area contributed by atoms with Gasteiger partial charge < -0.3 is 19.1 Å². The van der Waals surface area contributed by atoms with Gasteiger partial charge in [-0.25, -0.2) is 4.79 Å². The SMILES string of the molecule is CC/C=N\N(CC12CC3(C)CC4(C)CC(OCCN(CCOC)C(=O)OC)(C1)C32C4)C(C)C. The Kier molecular flexibility index (Phi) is 6.31. The molecule has 4 aliphatic carbocycles. The maximum atomic E-state index is 12.2. The Morgan fingerprint density at radius 3 is 2.39 bits per heavy atom. The lowest BCUT2D eigenvalue weighted by molar-refractivity contribution is -0.397. The summed E-state index contributed by atoms with van der Waals surface area (Å²) in [6, 6.07) is 0.393. The number of carbonyl (C=O) groups excluding carboxylic acids is 1. The number of fused-ring (bicyclic) bond motifs is 1. The fourth-order valence-electron chi connectivity index (χ4n) is 9.17. The molecule has 4 aliphatic rings. The van der Waals surface area contributed by atoms with Gasteiger partial charge in [-0.15, -0.1) is 0 Å². The van der Waals surface area contributed by atoms with E-state index in [-0.39, 0.29) is 17.1 Å². The molecule has 1 amide bonds. The first-order valence-corrected chi connectivity index (χ1v) is 12.8. The molecule has 4 rings (SSSR count). The number of carbonyl (C=O) groups is 1. The first kappa shape index (κ1) is 24.8. The topological polar surface area (TPSA) is 63.6 Å². The molecule has 0 saturated heterocycles. The van der Waals surface area contributed by atoms with Crippen LogP contribution in [0.3, 0.4) is 0 Å². The summed E-state index contributed by atoms with van der Waals surface area (Å²) in [5.41, 5.74) is 1.18. The summed E-state index contributed by atoms with van der Waals surface area (Å²) in [5, 5.41) is 7.15. The summed E-state index contributed by atoms with van der Waals surface area (Å²) in [4.78, 5) is 13.9. The second-order valence-electron chi connectivity index (χ2n) is 12.1. The van der Waals surface area contributed by atoms with Gasteiger partial charge in [-0.2, -0.15) is 5.10 Å². The zero-order valence-electron chi connectivity index (χ0n) is 21.9. The lowest BCUT2D eigenvalue weighted by Gasteiger charge is -2.83. The van der Waals surface area contributed by atoms with Crippen LogP contribution in [0.1, 0.15) is 73.1 Å². The van der Waals surface area contributed by atoms with Gasteiger partial charge in [-0.1, -0.05) is 20.8 Å². The van der Waals surface area contributed by atoms with Crippen molar-refractivity contribution in [3.05, 3.63) is 0 Å². The van der Waals surface area contributed by atoms with Gasteiger partial charge in [0.25, 0.3) is 0 Å². The Morgan fingerprint density at radius 1 is 1.06 bits per heavy atom. The van der Waals surface area contributed by atoms with Gasteiger partial charge in [0.05, 0.1) is 25.9 Å². The predicted octanol–water partition coefficient (Wildman–Crippen LogP) is 4.55. The van der Waals surface area contributed by atoms with Crippen LogP contribution in [0, 0.1) is 21.7 Å². The van der Waals surface area contributed by atoms with Crippen molar-refractivity contribution in [1.29, 1.82) is 0 Å². The number of rotatable bonds is 12. The summed E-state index contributed by atoms with van der Waals surface area (Å²) in [5.74, 6) is 0. The number of hydrazone groups is 1. The van der Waals surface area contributed by atoms with Crippen molar-refractivity contribution < 1.29 is 19.0 Å². The van der Waals surface area contributed by atoms with E-state index in [1.165, 1.54) is 26.4 Å². The molecule has 33 heavy (non-hydrogen) atoms. The molecule has 188 valence electrons. The number of hydrogen-bond donors (Lipinski definition) is 0. The van der Waals surface area contributed by atoms with Crippen molar-refractivity contribution in [3.63, 3.8) is 0 Å². The second-order valence-corrected chi connectivity index (χ2v) is 12.1. The van der Waals surface area contributed by atoms with Crippen molar-refractivity contribution in [3.8, 4) is 0 Å². The summed E-state index contributed by atoms with van der Waals surface area (Å²) >= 11 is 0. The van der Waals surface area contributed by atoms with E-state index in [1.807, 2.05) is 6.21 Å². The van der Waals surface area contributed by atoms with Crippen LogP contribution < -0.4 is 0 Å². The Balaban J connectivity index is 1.51. The largest absolute Gasteiger partial charge is 0.453 e. The molecule has 0 aromatic carbocycles. The number of methoxy groups -OCH3 is 2. The van der Waals surface area contributed by atoms with Crippen molar-refractivity contribution in [2.45, 2.75) is 84.8 Å². The van der Waals surface area contributed by atoms with Crippen molar-refractivity contribution in [1.82, 2.24) is 9.91 Å². The normalized spacial score (nSPS) is 40.0. The first-order valence-electron chi connectivity index (χ1n) is 12.8. The van der Waals surface area contributed by atoms with E-state index in [9.17, 15) is 4.79 Å². The molecule has 1 spiro atoms. The molecule has 7 heteroatoms. The van der Waals surface area contributed by atoms with E-state index in [1.54, 1.807) is 12.0 Å². The van der Waals surface area contributed by atoms with Crippen LogP contribution in [-0.2, 0) is 14.2 Å². The summed E-state index contributed by atoms with van der Waals surface area (Å²) in [6.07, 6.45) is 8.82. The number of ether oxygens (including phenoxy) is 3. The molecule has 0 heterocycles. The highest BCUT2D eigenvalue weighted by Gasteiger charge is 2.93. The Bertz CT molecular complexity index is 789. The minimum Gasteiger partial charge on any atom is -0.453 e. The smallest absolute Gasteiger partial charge is 0.409 e. The van der Waals surface area contributed by atoms with Crippen LogP contribution in [0.4, 0.5) is 4.79 Å². The fraction of sp³-hybridized carbons (Fsp3) is 0.923. The zero-order valence-corrected chi connectivity index (χ0v) is 21.9. The lowest BCUT2D eigenvalue weighted by atomic mass is 9.23. The molecule has 2 bridgehead atoms. The highest BCUT2D eigenvalue weighted by molar-refractivity contribution is 5.67. The Morgan fingerprint density at radius 2 is 1.79 bits per heavy atom. The van der Waals surface area contributed by atoms with Crippen LogP contribution in [0.2, 0.25) is 0 Å². The van der Waals surface area contributed by atoms with E-state index in [2.05, 4.69) is 39.6 Å². The Labute approximate surface area is 200 Å². The van der Waals surface area contributed by atoms with Gasteiger partial charge in [-0.05, 0) is 63.2 Å². The third kappa shape index (κ3) is 3.43. The summed E-state index contributed by atoms with van der Waals surface area (Å²) < 4.78 is 17.0.